The van der Waals surface area contributed by atoms with Gasteiger partial charge in [0.15, 0.2) is 0 Å². The quantitative estimate of drug-likeness (QED) is 0.870. The van der Waals surface area contributed by atoms with Crippen molar-refractivity contribution in [2.75, 3.05) is 0 Å². The molecule has 0 bridgehead atoms. The molecule has 0 spiro atoms. The molecule has 0 radical (unpaired) electrons. The van der Waals surface area contributed by atoms with Gasteiger partial charge in [0.2, 0.25) is 0 Å². The van der Waals surface area contributed by atoms with Crippen LogP contribution in [-0.4, -0.2) is 18.0 Å². The van der Waals surface area contributed by atoms with E-state index in [0.717, 1.165) is 31.2 Å². The molecule has 1 amide bonds. The highest BCUT2D eigenvalue weighted by Crippen LogP contribution is 2.27. The number of nitrogens with two attached hydrogens (primary N) is 1. The van der Waals surface area contributed by atoms with E-state index in [1.54, 1.807) is 0 Å². The van der Waals surface area contributed by atoms with Crippen LogP contribution in [0.3, 0.4) is 0 Å². The van der Waals surface area contributed by atoms with E-state index in [-0.39, 0.29) is 11.9 Å². The van der Waals surface area contributed by atoms with Gasteiger partial charge in [0.05, 0.1) is 5.02 Å². The fraction of sp³-hybridized carbons (Fsp3) is 0.583. The molecule has 0 aromatic carbocycles. The van der Waals surface area contributed by atoms with Crippen LogP contribution in [0.2, 0.25) is 5.02 Å². The molecule has 1 aromatic heterocycles. The van der Waals surface area contributed by atoms with Gasteiger partial charge in [0, 0.05) is 12.1 Å². The van der Waals surface area contributed by atoms with E-state index in [1.165, 1.54) is 11.3 Å². The monoisotopic (exact) mass is 272 g/mol. The number of nitrogens with one attached hydrogen (secondary N) is 1. The van der Waals surface area contributed by atoms with Crippen molar-refractivity contribution in [1.82, 2.24) is 5.32 Å². The third-order valence-corrected chi connectivity index (χ3v) is 4.91. The second kappa shape index (κ2) is 5.38. The van der Waals surface area contributed by atoms with Gasteiger partial charge in [-0.05, 0) is 43.6 Å². The molecule has 0 aliphatic heterocycles. The predicted molar refractivity (Wildman–Crippen MR) is 71.8 cm³/mol. The third kappa shape index (κ3) is 3.00. The second-order valence-electron chi connectivity index (χ2n) is 4.65. The lowest BCUT2D eigenvalue weighted by atomic mass is 9.92. The first-order valence-electron chi connectivity index (χ1n) is 5.88. The Balaban J connectivity index is 1.95. The van der Waals surface area contributed by atoms with Crippen molar-refractivity contribution in [3.63, 3.8) is 0 Å². The van der Waals surface area contributed by atoms with Crippen molar-refractivity contribution in [1.29, 1.82) is 0 Å². The molecule has 1 aromatic rings. The number of hydrogen-bond donors (Lipinski definition) is 2. The number of aryl methyl sites for hydroxylation is 1. The lowest BCUT2D eigenvalue weighted by Gasteiger charge is -2.26. The molecule has 1 saturated carbocycles. The van der Waals surface area contributed by atoms with Gasteiger partial charge in [0.1, 0.15) is 4.88 Å². The smallest absolute Gasteiger partial charge is 0.263 e. The first-order chi connectivity index (χ1) is 8.08. The first kappa shape index (κ1) is 12.9. The summed E-state index contributed by atoms with van der Waals surface area (Å²) in [4.78, 5) is 12.6. The van der Waals surface area contributed by atoms with Crippen LogP contribution in [0.15, 0.2) is 5.38 Å². The molecule has 3 nitrogen and oxygen atoms in total. The van der Waals surface area contributed by atoms with Crippen LogP contribution in [0.25, 0.3) is 0 Å². The average Bonchev–Trinajstić information content (AvgIpc) is 2.63. The fourth-order valence-electron chi connectivity index (χ4n) is 2.10. The third-order valence-electron chi connectivity index (χ3n) is 3.21. The summed E-state index contributed by atoms with van der Waals surface area (Å²) in [6, 6.07) is 0.552. The van der Waals surface area contributed by atoms with Crippen LogP contribution in [0, 0.1) is 6.92 Å². The summed E-state index contributed by atoms with van der Waals surface area (Å²) in [6.45, 7) is 1.91. The minimum absolute atomic E-state index is 0.0476. The zero-order valence-electron chi connectivity index (χ0n) is 9.83. The molecule has 94 valence electrons. The Kier molecular flexibility index (Phi) is 4.07. The Morgan fingerprint density at radius 1 is 1.47 bits per heavy atom. The number of halogens is 1. The molecular formula is C12H17ClN2OS. The largest absolute Gasteiger partial charge is 0.349 e. The normalized spacial score (nSPS) is 24.6. The number of thiophene rings is 1. The molecule has 0 atom stereocenters. The van der Waals surface area contributed by atoms with E-state index in [2.05, 4.69) is 5.32 Å². The molecule has 3 N–H and O–H groups in total. The minimum Gasteiger partial charge on any atom is -0.349 e. The molecule has 17 heavy (non-hydrogen) atoms. The number of hydrogen-bond acceptors (Lipinski definition) is 3. The van der Waals surface area contributed by atoms with Crippen LogP contribution >= 0.6 is 22.9 Å². The number of carbonyl (C=O) groups excluding carboxylic acids is 1. The number of carbonyl (C=O) groups is 1. The summed E-state index contributed by atoms with van der Waals surface area (Å²) in [7, 11) is 0. The van der Waals surface area contributed by atoms with Crippen molar-refractivity contribution in [2.45, 2.75) is 44.7 Å². The van der Waals surface area contributed by atoms with Crippen molar-refractivity contribution < 1.29 is 4.79 Å². The maximum atomic E-state index is 12.0. The lowest BCUT2D eigenvalue weighted by molar-refractivity contribution is 0.0930. The molecule has 1 heterocycles. The van der Waals surface area contributed by atoms with Gasteiger partial charge in [-0.2, -0.15) is 0 Å². The maximum Gasteiger partial charge on any atom is 0.263 e. The highest BCUT2D eigenvalue weighted by molar-refractivity contribution is 7.13. The summed E-state index contributed by atoms with van der Waals surface area (Å²) in [5.41, 5.74) is 6.80. The van der Waals surface area contributed by atoms with E-state index < -0.39 is 0 Å². The Bertz CT molecular complexity index is 411. The molecule has 1 fully saturated rings. The molecule has 2 rings (SSSR count). The zero-order valence-corrected chi connectivity index (χ0v) is 11.4. The molecular weight excluding hydrogens is 256 g/mol. The zero-order chi connectivity index (χ0) is 12.4. The Labute approximate surface area is 110 Å². The summed E-state index contributed by atoms with van der Waals surface area (Å²) in [6.07, 6.45) is 3.91. The summed E-state index contributed by atoms with van der Waals surface area (Å²) < 4.78 is 0. The first-order valence-corrected chi connectivity index (χ1v) is 7.13. The highest BCUT2D eigenvalue weighted by Gasteiger charge is 2.22. The molecule has 0 unspecified atom stereocenters. The SMILES string of the molecule is Cc1csc(C(=O)NC2CCC(N)CC2)c1Cl. The van der Waals surface area contributed by atoms with Gasteiger partial charge in [0.25, 0.3) is 5.91 Å². The van der Waals surface area contributed by atoms with E-state index in [1.807, 2.05) is 12.3 Å². The molecule has 1 aliphatic carbocycles. The highest BCUT2D eigenvalue weighted by atomic mass is 35.5. The van der Waals surface area contributed by atoms with Gasteiger partial charge in [-0.3, -0.25) is 4.79 Å². The summed E-state index contributed by atoms with van der Waals surface area (Å²) in [5, 5.41) is 5.54. The van der Waals surface area contributed by atoms with Crippen LogP contribution in [0.4, 0.5) is 0 Å². The van der Waals surface area contributed by atoms with Crippen LogP contribution < -0.4 is 11.1 Å². The summed E-state index contributed by atoms with van der Waals surface area (Å²) in [5.74, 6) is -0.0476. The van der Waals surface area contributed by atoms with Crippen molar-refractivity contribution in [2.24, 2.45) is 5.73 Å². The molecule has 5 heteroatoms. The number of amides is 1. The number of rotatable bonds is 2. The predicted octanol–water partition coefficient (Wildman–Crippen LogP) is 2.71. The lowest BCUT2D eigenvalue weighted by Crippen LogP contribution is -2.40. The van der Waals surface area contributed by atoms with Crippen LogP contribution in [-0.2, 0) is 0 Å². The minimum atomic E-state index is -0.0476. The summed E-state index contributed by atoms with van der Waals surface area (Å²) >= 11 is 7.48. The van der Waals surface area contributed by atoms with E-state index in [0.29, 0.717) is 15.9 Å². The van der Waals surface area contributed by atoms with Gasteiger partial charge in [-0.15, -0.1) is 11.3 Å². The van der Waals surface area contributed by atoms with Gasteiger partial charge in [-0.25, -0.2) is 0 Å². The van der Waals surface area contributed by atoms with E-state index >= 15 is 0 Å². The van der Waals surface area contributed by atoms with E-state index in [4.69, 9.17) is 17.3 Å². The Hall–Kier alpha value is -0.580. The molecule has 0 saturated heterocycles. The van der Waals surface area contributed by atoms with Gasteiger partial charge < -0.3 is 11.1 Å². The van der Waals surface area contributed by atoms with Crippen LogP contribution in [0.1, 0.15) is 40.9 Å². The standard InChI is InChI=1S/C12H17ClN2OS/c1-7-6-17-11(10(7)13)12(16)15-9-4-2-8(14)3-5-9/h6,8-9H,2-5,14H2,1H3,(H,15,16). The Morgan fingerprint density at radius 3 is 2.65 bits per heavy atom. The fourth-order valence-corrected chi connectivity index (χ4v) is 3.28. The van der Waals surface area contributed by atoms with Gasteiger partial charge >= 0.3 is 0 Å². The second-order valence-corrected chi connectivity index (χ2v) is 5.90. The van der Waals surface area contributed by atoms with E-state index in [9.17, 15) is 4.79 Å². The van der Waals surface area contributed by atoms with Crippen molar-refractivity contribution >= 4 is 28.8 Å². The maximum absolute atomic E-state index is 12.0. The molecule has 1 aliphatic rings. The van der Waals surface area contributed by atoms with Crippen molar-refractivity contribution in [3.05, 3.63) is 20.8 Å². The Morgan fingerprint density at radius 2 is 2.12 bits per heavy atom. The van der Waals surface area contributed by atoms with Crippen molar-refractivity contribution in [3.8, 4) is 0 Å². The van der Waals surface area contributed by atoms with Gasteiger partial charge in [-0.1, -0.05) is 11.6 Å². The average molecular weight is 273 g/mol. The van der Waals surface area contributed by atoms with Crippen LogP contribution in [0.5, 0.6) is 0 Å². The topological polar surface area (TPSA) is 55.1 Å².